The summed E-state index contributed by atoms with van der Waals surface area (Å²) >= 11 is 0. The number of anilines is 2. The second kappa shape index (κ2) is 6.89. The molecule has 7 heteroatoms. The predicted molar refractivity (Wildman–Crippen MR) is 108 cm³/mol. The van der Waals surface area contributed by atoms with Crippen LogP contribution < -0.4 is 5.32 Å². The lowest BCUT2D eigenvalue weighted by atomic mass is 10.1. The minimum Gasteiger partial charge on any atom is -0.478 e. The summed E-state index contributed by atoms with van der Waals surface area (Å²) in [5, 5.41) is 12.4. The average Bonchev–Trinajstić information content (AvgIpc) is 3.05. The Labute approximate surface area is 157 Å². The Balaban J connectivity index is 2.02. The van der Waals surface area contributed by atoms with Crippen LogP contribution in [0.2, 0.25) is 19.6 Å². The molecular formula is C20H20FN3O2Si. The molecule has 2 aromatic carbocycles. The number of halogens is 1. The molecule has 0 radical (unpaired) electrons. The maximum atomic E-state index is 14.8. The van der Waals surface area contributed by atoms with Gasteiger partial charge in [-0.25, -0.2) is 14.2 Å². The summed E-state index contributed by atoms with van der Waals surface area (Å²) in [5.41, 5.74) is 5.81. The molecule has 0 aliphatic heterocycles. The molecule has 1 heterocycles. The minimum atomic E-state index is -1.48. The first-order valence-electron chi connectivity index (χ1n) is 8.45. The number of aromatic nitrogens is 2. The molecule has 0 saturated carbocycles. The molecule has 0 fully saturated rings. The van der Waals surface area contributed by atoms with Crippen molar-refractivity contribution in [2.45, 2.75) is 26.6 Å². The van der Waals surface area contributed by atoms with E-state index in [0.29, 0.717) is 11.2 Å². The largest absolute Gasteiger partial charge is 0.478 e. The molecule has 3 rings (SSSR count). The maximum absolute atomic E-state index is 14.8. The van der Waals surface area contributed by atoms with E-state index in [9.17, 15) is 14.3 Å². The summed E-state index contributed by atoms with van der Waals surface area (Å²) in [4.78, 5) is 18.3. The molecule has 0 aliphatic carbocycles. The topological polar surface area (TPSA) is 78.0 Å². The first-order chi connectivity index (χ1) is 12.7. The van der Waals surface area contributed by atoms with Crippen LogP contribution in [-0.2, 0) is 0 Å². The quantitative estimate of drug-likeness (QED) is 0.455. The maximum Gasteiger partial charge on any atom is 0.338 e. The van der Waals surface area contributed by atoms with Crippen molar-refractivity contribution in [2.75, 3.05) is 5.32 Å². The Bertz CT molecular complexity index is 1100. The summed E-state index contributed by atoms with van der Waals surface area (Å²) in [5.74, 6) is 1.26. The number of benzene rings is 2. The molecule has 0 bridgehead atoms. The number of carboxylic acids is 1. The first kappa shape index (κ1) is 18.7. The Kier molecular flexibility index (Phi) is 4.77. The van der Waals surface area contributed by atoms with Crippen LogP contribution >= 0.6 is 0 Å². The van der Waals surface area contributed by atoms with E-state index in [1.165, 1.54) is 12.4 Å². The Morgan fingerprint density at radius 2 is 2.04 bits per heavy atom. The monoisotopic (exact) mass is 381 g/mol. The molecule has 0 aliphatic rings. The van der Waals surface area contributed by atoms with Crippen molar-refractivity contribution < 1.29 is 14.3 Å². The van der Waals surface area contributed by atoms with Crippen LogP contribution in [0.4, 0.5) is 15.8 Å². The van der Waals surface area contributed by atoms with Gasteiger partial charge in [-0.1, -0.05) is 25.6 Å². The molecule has 0 atom stereocenters. The summed E-state index contributed by atoms with van der Waals surface area (Å²) in [6.45, 7) is 8.38. The summed E-state index contributed by atoms with van der Waals surface area (Å²) in [7, 11) is -1.48. The Morgan fingerprint density at radius 3 is 2.67 bits per heavy atom. The molecule has 0 amide bonds. The lowest BCUT2D eigenvalue weighted by Crippen LogP contribution is -2.16. The highest BCUT2D eigenvalue weighted by Crippen LogP contribution is 2.31. The van der Waals surface area contributed by atoms with Gasteiger partial charge in [0.15, 0.2) is 5.82 Å². The van der Waals surface area contributed by atoms with Crippen LogP contribution in [-0.4, -0.2) is 29.1 Å². The van der Waals surface area contributed by atoms with Gasteiger partial charge in [0.05, 0.1) is 23.1 Å². The van der Waals surface area contributed by atoms with E-state index in [1.807, 2.05) is 19.1 Å². The van der Waals surface area contributed by atoms with Crippen LogP contribution in [0.1, 0.15) is 21.5 Å². The Hall–Kier alpha value is -3.11. The zero-order valence-electron chi connectivity index (χ0n) is 15.6. The molecule has 0 spiro atoms. The molecule has 5 nitrogen and oxygen atoms in total. The van der Waals surface area contributed by atoms with Gasteiger partial charge in [0.1, 0.15) is 13.6 Å². The number of aryl methyl sites for hydroxylation is 1. The van der Waals surface area contributed by atoms with Crippen molar-refractivity contribution in [3.05, 3.63) is 53.1 Å². The van der Waals surface area contributed by atoms with Crippen LogP contribution in [0, 0.1) is 24.2 Å². The molecule has 0 unspecified atom stereocenters. The number of hydrogen-bond acceptors (Lipinski definition) is 3. The zero-order valence-corrected chi connectivity index (χ0v) is 16.6. The van der Waals surface area contributed by atoms with E-state index in [2.05, 4.69) is 46.4 Å². The number of hydrogen-bond donors (Lipinski definition) is 3. The van der Waals surface area contributed by atoms with Gasteiger partial charge >= 0.3 is 5.97 Å². The fourth-order valence-electron chi connectivity index (χ4n) is 2.61. The van der Waals surface area contributed by atoms with Gasteiger partial charge < -0.3 is 15.4 Å². The summed E-state index contributed by atoms with van der Waals surface area (Å²) < 4.78 is 14.8. The fourth-order valence-corrected chi connectivity index (χ4v) is 3.13. The lowest BCUT2D eigenvalue weighted by Gasteiger charge is -2.14. The van der Waals surface area contributed by atoms with Gasteiger partial charge in [0.2, 0.25) is 0 Å². The number of fused-ring (bicyclic) bond motifs is 1. The third-order valence-corrected chi connectivity index (χ3v) is 4.83. The molecule has 0 saturated heterocycles. The number of aromatic carboxylic acids is 1. The Morgan fingerprint density at radius 1 is 1.30 bits per heavy atom. The summed E-state index contributed by atoms with van der Waals surface area (Å²) in [6, 6.07) is 6.90. The summed E-state index contributed by atoms with van der Waals surface area (Å²) in [6.07, 6.45) is 1.33. The number of carbonyl (C=O) groups is 1. The van der Waals surface area contributed by atoms with Crippen LogP contribution in [0.25, 0.3) is 11.0 Å². The van der Waals surface area contributed by atoms with Crippen molar-refractivity contribution in [3.8, 4) is 11.5 Å². The number of aromatic amines is 1. The van der Waals surface area contributed by atoms with Gasteiger partial charge in [0.25, 0.3) is 0 Å². The average molecular weight is 381 g/mol. The second-order valence-electron chi connectivity index (χ2n) is 7.37. The van der Waals surface area contributed by atoms with E-state index in [-0.39, 0.29) is 16.8 Å². The van der Waals surface area contributed by atoms with Crippen molar-refractivity contribution in [3.63, 3.8) is 0 Å². The van der Waals surface area contributed by atoms with E-state index in [0.717, 1.165) is 11.1 Å². The third kappa shape index (κ3) is 4.01. The standard InChI is InChI=1S/C20H20FN3O2Si/c1-12-9-13(7-8-27(2,3)4)5-6-15(12)24-18-14(20(25)26)10-16-19(17(18)21)23-11-22-16/h5-6,9-11,24H,1-4H3,(H,22,23)(H,25,26). The third-order valence-electron chi connectivity index (χ3n) is 3.95. The van der Waals surface area contributed by atoms with Crippen molar-refractivity contribution in [1.82, 2.24) is 9.97 Å². The number of imidazole rings is 1. The van der Waals surface area contributed by atoms with E-state index in [1.54, 1.807) is 6.07 Å². The van der Waals surface area contributed by atoms with Gasteiger partial charge in [-0.3, -0.25) is 0 Å². The molecule has 3 N–H and O–H groups in total. The second-order valence-corrected chi connectivity index (χ2v) is 12.1. The minimum absolute atomic E-state index is 0.0952. The molecule has 3 aromatic rings. The number of rotatable bonds is 3. The normalized spacial score (nSPS) is 11.1. The van der Waals surface area contributed by atoms with E-state index in [4.69, 9.17) is 0 Å². The van der Waals surface area contributed by atoms with E-state index >= 15 is 0 Å². The van der Waals surface area contributed by atoms with Crippen molar-refractivity contribution >= 4 is 36.5 Å². The number of nitrogens with zero attached hydrogens (tertiary/aromatic N) is 1. The van der Waals surface area contributed by atoms with Crippen LogP contribution in [0.15, 0.2) is 30.6 Å². The highest BCUT2D eigenvalue weighted by atomic mass is 28.3. The highest BCUT2D eigenvalue weighted by molar-refractivity contribution is 6.83. The first-order valence-corrected chi connectivity index (χ1v) is 12.0. The molecule has 138 valence electrons. The molecule has 1 aromatic heterocycles. The molecular weight excluding hydrogens is 361 g/mol. The van der Waals surface area contributed by atoms with Crippen molar-refractivity contribution in [1.29, 1.82) is 0 Å². The lowest BCUT2D eigenvalue weighted by molar-refractivity contribution is 0.0697. The predicted octanol–water partition coefficient (Wildman–Crippen LogP) is 4.68. The zero-order chi connectivity index (χ0) is 19.8. The SMILES string of the molecule is Cc1cc(C#C[Si](C)(C)C)ccc1Nc1c(C(=O)O)cc2[nH]cnc2c1F. The smallest absolute Gasteiger partial charge is 0.338 e. The number of H-pyrrole nitrogens is 1. The van der Waals surface area contributed by atoms with Crippen LogP contribution in [0.3, 0.4) is 0 Å². The van der Waals surface area contributed by atoms with Gasteiger partial charge in [-0.2, -0.15) is 0 Å². The van der Waals surface area contributed by atoms with Gasteiger partial charge in [-0.05, 0) is 36.8 Å². The molecule has 27 heavy (non-hydrogen) atoms. The fraction of sp³-hybridized carbons (Fsp3) is 0.200. The van der Waals surface area contributed by atoms with Gasteiger partial charge in [-0.15, -0.1) is 5.54 Å². The number of nitrogens with one attached hydrogen (secondary N) is 2. The highest BCUT2D eigenvalue weighted by Gasteiger charge is 2.20. The van der Waals surface area contributed by atoms with Gasteiger partial charge in [0, 0.05) is 11.3 Å². The van der Waals surface area contributed by atoms with Crippen LogP contribution in [0.5, 0.6) is 0 Å². The number of carboxylic acid groups (broad SMARTS) is 1. The van der Waals surface area contributed by atoms with Crippen molar-refractivity contribution in [2.24, 2.45) is 0 Å². The van der Waals surface area contributed by atoms with E-state index < -0.39 is 19.9 Å².